The second-order valence-corrected chi connectivity index (χ2v) is 5.04. The summed E-state index contributed by atoms with van der Waals surface area (Å²) in [5.41, 5.74) is 1.18. The summed E-state index contributed by atoms with van der Waals surface area (Å²) < 4.78 is 4.85. The van der Waals surface area contributed by atoms with Gasteiger partial charge in [0, 0.05) is 5.02 Å². The van der Waals surface area contributed by atoms with Gasteiger partial charge in [-0.15, -0.1) is 0 Å². The first-order valence-corrected chi connectivity index (χ1v) is 6.36. The standard InChI is InChI=1S/C12H9Cl3N2O2/c1-6-8(5-19-2)12(18)17(16-6)11-9(14)3-7(13)4-10(11)15/h3-5H,1-2H3/b8-5+. The summed E-state index contributed by atoms with van der Waals surface area (Å²) in [6.45, 7) is 1.69. The molecule has 0 radical (unpaired) electrons. The van der Waals surface area contributed by atoms with Gasteiger partial charge in [0.1, 0.15) is 5.69 Å². The number of hydrogen-bond acceptors (Lipinski definition) is 3. The second kappa shape index (κ2) is 5.41. The lowest BCUT2D eigenvalue weighted by molar-refractivity contribution is -0.114. The van der Waals surface area contributed by atoms with E-state index in [1.165, 1.54) is 25.5 Å². The quantitative estimate of drug-likeness (QED) is 0.613. The highest BCUT2D eigenvalue weighted by atomic mass is 35.5. The number of benzene rings is 1. The third-order valence-corrected chi connectivity index (χ3v) is 3.29. The van der Waals surface area contributed by atoms with E-state index in [-0.39, 0.29) is 16.0 Å². The number of rotatable bonds is 2. The van der Waals surface area contributed by atoms with Crippen molar-refractivity contribution in [2.75, 3.05) is 12.1 Å². The predicted molar refractivity (Wildman–Crippen MR) is 77.2 cm³/mol. The van der Waals surface area contributed by atoms with E-state index in [0.29, 0.717) is 22.0 Å². The van der Waals surface area contributed by atoms with Gasteiger partial charge in [-0.2, -0.15) is 10.1 Å². The summed E-state index contributed by atoms with van der Waals surface area (Å²) in [6.07, 6.45) is 1.33. The zero-order valence-corrected chi connectivity index (χ0v) is 12.3. The fraction of sp³-hybridized carbons (Fsp3) is 0.167. The lowest BCUT2D eigenvalue weighted by Crippen LogP contribution is -2.22. The van der Waals surface area contributed by atoms with Crippen LogP contribution < -0.4 is 5.01 Å². The first-order valence-electron chi connectivity index (χ1n) is 5.23. The molecular weight excluding hydrogens is 311 g/mol. The number of carbonyl (C=O) groups excluding carboxylic acids is 1. The number of ether oxygens (including phenoxy) is 1. The molecule has 7 heteroatoms. The van der Waals surface area contributed by atoms with E-state index in [4.69, 9.17) is 39.5 Å². The van der Waals surface area contributed by atoms with Gasteiger partial charge in [-0.3, -0.25) is 4.79 Å². The molecule has 0 saturated carbocycles. The van der Waals surface area contributed by atoms with Crippen LogP contribution in [0.3, 0.4) is 0 Å². The third kappa shape index (κ3) is 2.56. The van der Waals surface area contributed by atoms with Gasteiger partial charge in [0.2, 0.25) is 0 Å². The summed E-state index contributed by atoms with van der Waals surface area (Å²) in [5, 5.41) is 6.16. The zero-order chi connectivity index (χ0) is 14.2. The number of hydrogen-bond donors (Lipinski definition) is 0. The van der Waals surface area contributed by atoms with Crippen molar-refractivity contribution in [3.63, 3.8) is 0 Å². The van der Waals surface area contributed by atoms with E-state index in [1.54, 1.807) is 6.92 Å². The second-order valence-electron chi connectivity index (χ2n) is 3.79. The van der Waals surface area contributed by atoms with Crippen LogP contribution in [-0.4, -0.2) is 18.7 Å². The van der Waals surface area contributed by atoms with E-state index < -0.39 is 0 Å². The molecule has 0 aliphatic carbocycles. The largest absolute Gasteiger partial charge is 0.503 e. The van der Waals surface area contributed by atoms with Crippen LogP contribution >= 0.6 is 34.8 Å². The monoisotopic (exact) mass is 318 g/mol. The SMILES string of the molecule is CO/C=C1/C(=O)N(c2c(Cl)cc(Cl)cc2Cl)N=C1C. The Morgan fingerprint density at radius 1 is 1.26 bits per heavy atom. The predicted octanol–water partition coefficient (Wildman–Crippen LogP) is 3.90. The van der Waals surface area contributed by atoms with Gasteiger partial charge in [-0.1, -0.05) is 34.8 Å². The minimum Gasteiger partial charge on any atom is -0.503 e. The van der Waals surface area contributed by atoms with Crippen LogP contribution in [0, 0.1) is 0 Å². The molecule has 0 fully saturated rings. The fourth-order valence-electron chi connectivity index (χ4n) is 1.66. The lowest BCUT2D eigenvalue weighted by atomic mass is 10.2. The number of hydrazone groups is 1. The lowest BCUT2D eigenvalue weighted by Gasteiger charge is -2.15. The van der Waals surface area contributed by atoms with E-state index >= 15 is 0 Å². The van der Waals surface area contributed by atoms with Gasteiger partial charge in [0.05, 0.1) is 34.7 Å². The third-order valence-electron chi connectivity index (χ3n) is 2.49. The van der Waals surface area contributed by atoms with Crippen LogP contribution in [0.1, 0.15) is 6.92 Å². The molecule has 0 bridgehead atoms. The molecule has 100 valence electrons. The average molecular weight is 320 g/mol. The van der Waals surface area contributed by atoms with E-state index in [9.17, 15) is 4.79 Å². The first kappa shape index (κ1) is 14.2. The van der Waals surface area contributed by atoms with Gasteiger partial charge in [0.15, 0.2) is 0 Å². The Bertz CT molecular complexity index is 588. The molecule has 0 N–H and O–H groups in total. The summed E-state index contributed by atoms with van der Waals surface area (Å²) >= 11 is 18.0. The molecule has 1 heterocycles. The Morgan fingerprint density at radius 3 is 2.37 bits per heavy atom. The summed E-state index contributed by atoms with van der Waals surface area (Å²) in [6, 6.07) is 3.00. The van der Waals surface area contributed by atoms with Crippen molar-refractivity contribution in [1.82, 2.24) is 0 Å². The molecule has 2 rings (SSSR count). The van der Waals surface area contributed by atoms with Crippen molar-refractivity contribution < 1.29 is 9.53 Å². The van der Waals surface area contributed by atoms with Gasteiger partial charge in [-0.25, -0.2) is 0 Å². The smallest absolute Gasteiger partial charge is 0.283 e. The Kier molecular flexibility index (Phi) is 4.04. The fourth-order valence-corrected chi connectivity index (χ4v) is 2.64. The summed E-state index contributed by atoms with van der Waals surface area (Å²) in [7, 11) is 1.46. The van der Waals surface area contributed by atoms with Crippen molar-refractivity contribution in [3.05, 3.63) is 39.0 Å². The van der Waals surface area contributed by atoms with Crippen LogP contribution in [-0.2, 0) is 9.53 Å². The van der Waals surface area contributed by atoms with Crippen LogP contribution in [0.5, 0.6) is 0 Å². The summed E-state index contributed by atoms with van der Waals surface area (Å²) in [4.78, 5) is 12.2. The van der Waals surface area contributed by atoms with Gasteiger partial charge >= 0.3 is 0 Å². The molecule has 1 aromatic carbocycles. The molecule has 1 amide bonds. The molecule has 1 aliphatic heterocycles. The molecule has 19 heavy (non-hydrogen) atoms. The average Bonchev–Trinajstić information content (AvgIpc) is 2.56. The van der Waals surface area contributed by atoms with Crippen molar-refractivity contribution in [3.8, 4) is 0 Å². The van der Waals surface area contributed by atoms with Crippen molar-refractivity contribution >= 4 is 52.1 Å². The molecule has 1 aromatic rings. The highest BCUT2D eigenvalue weighted by Crippen LogP contribution is 2.38. The Morgan fingerprint density at radius 2 is 1.84 bits per heavy atom. The van der Waals surface area contributed by atoms with Crippen molar-refractivity contribution in [1.29, 1.82) is 0 Å². The van der Waals surface area contributed by atoms with Gasteiger partial charge in [0.25, 0.3) is 5.91 Å². The Labute approximate surface area is 125 Å². The number of methoxy groups -OCH3 is 1. The van der Waals surface area contributed by atoms with Crippen molar-refractivity contribution in [2.24, 2.45) is 5.10 Å². The van der Waals surface area contributed by atoms with Crippen LogP contribution in [0.4, 0.5) is 5.69 Å². The highest BCUT2D eigenvalue weighted by Gasteiger charge is 2.32. The molecule has 1 aliphatic rings. The molecule has 0 unspecified atom stereocenters. The van der Waals surface area contributed by atoms with Crippen LogP contribution in [0.25, 0.3) is 0 Å². The molecule has 0 saturated heterocycles. The number of halogens is 3. The number of amides is 1. The molecule has 0 spiro atoms. The topological polar surface area (TPSA) is 41.9 Å². The first-order chi connectivity index (χ1) is 8.95. The number of nitrogens with zero attached hydrogens (tertiary/aromatic N) is 2. The van der Waals surface area contributed by atoms with E-state index in [2.05, 4.69) is 5.10 Å². The molecule has 4 nitrogen and oxygen atoms in total. The van der Waals surface area contributed by atoms with Crippen LogP contribution in [0.2, 0.25) is 15.1 Å². The van der Waals surface area contributed by atoms with Gasteiger partial charge in [-0.05, 0) is 19.1 Å². The molecule has 0 atom stereocenters. The van der Waals surface area contributed by atoms with Crippen molar-refractivity contribution in [2.45, 2.75) is 6.92 Å². The molecule has 0 aromatic heterocycles. The number of anilines is 1. The maximum absolute atomic E-state index is 12.2. The van der Waals surface area contributed by atoms with Gasteiger partial charge < -0.3 is 4.74 Å². The van der Waals surface area contributed by atoms with E-state index in [1.807, 2.05) is 0 Å². The van der Waals surface area contributed by atoms with Crippen LogP contribution in [0.15, 0.2) is 29.1 Å². The minimum absolute atomic E-state index is 0.251. The number of carbonyl (C=O) groups is 1. The molecular formula is C12H9Cl3N2O2. The maximum Gasteiger partial charge on any atom is 0.283 e. The zero-order valence-electron chi connectivity index (χ0n) is 10.1. The Hall–Kier alpha value is -1.23. The summed E-state index contributed by atoms with van der Waals surface area (Å²) in [5.74, 6) is -0.356. The Balaban J connectivity index is 2.51. The van der Waals surface area contributed by atoms with E-state index in [0.717, 1.165) is 5.01 Å². The maximum atomic E-state index is 12.2. The normalized spacial score (nSPS) is 17.1. The highest BCUT2D eigenvalue weighted by molar-refractivity contribution is 6.43. The minimum atomic E-state index is -0.356.